The average molecular weight is 414 g/mol. The van der Waals surface area contributed by atoms with Gasteiger partial charge in [0, 0.05) is 5.56 Å². The molecule has 0 aliphatic carbocycles. The van der Waals surface area contributed by atoms with Gasteiger partial charge >= 0.3 is 0 Å². The van der Waals surface area contributed by atoms with Crippen LogP contribution in [0.5, 0.6) is 5.75 Å². The molecule has 0 bridgehead atoms. The molecule has 0 aliphatic heterocycles. The highest BCUT2D eigenvalue weighted by atomic mass is 35.5. The normalized spacial score (nSPS) is 10.8. The summed E-state index contributed by atoms with van der Waals surface area (Å²) in [4.78, 5) is 23.6. The van der Waals surface area contributed by atoms with Gasteiger partial charge < -0.3 is 10.1 Å². The lowest BCUT2D eigenvalue weighted by atomic mass is 10.1. The van der Waals surface area contributed by atoms with E-state index in [1.165, 1.54) is 18.2 Å². The summed E-state index contributed by atoms with van der Waals surface area (Å²) in [6.07, 6.45) is 1.10. The maximum atomic E-state index is 13.6. The molecule has 3 aromatic carbocycles. The van der Waals surface area contributed by atoms with E-state index in [1.807, 2.05) is 36.4 Å². The molecule has 0 aliphatic rings. The van der Waals surface area contributed by atoms with Gasteiger partial charge in [-0.2, -0.15) is 5.10 Å². The van der Waals surface area contributed by atoms with E-state index in [9.17, 15) is 14.0 Å². The molecule has 0 saturated carbocycles. The van der Waals surface area contributed by atoms with E-state index in [1.54, 1.807) is 6.07 Å². The van der Waals surface area contributed by atoms with Crippen LogP contribution in [0.2, 0.25) is 5.02 Å². The van der Waals surface area contributed by atoms with Crippen LogP contribution in [0.4, 0.5) is 4.39 Å². The van der Waals surface area contributed by atoms with Crippen LogP contribution in [0.25, 0.3) is 10.8 Å². The zero-order valence-corrected chi connectivity index (χ0v) is 15.9. The molecule has 8 heteroatoms. The SMILES string of the molecule is O=C(COc1ccc2ccccc2c1)NCC(=O)NN=Cc1c(F)cccc1Cl. The zero-order chi connectivity index (χ0) is 20.6. The van der Waals surface area contributed by atoms with Gasteiger partial charge in [0.25, 0.3) is 11.8 Å². The number of rotatable bonds is 7. The second-order valence-electron chi connectivity index (χ2n) is 6.00. The Morgan fingerprint density at radius 3 is 2.62 bits per heavy atom. The van der Waals surface area contributed by atoms with Crippen molar-refractivity contribution in [3.63, 3.8) is 0 Å². The third-order valence-electron chi connectivity index (χ3n) is 3.92. The van der Waals surface area contributed by atoms with Crippen LogP contribution in [0, 0.1) is 5.82 Å². The molecule has 148 valence electrons. The molecule has 0 atom stereocenters. The highest BCUT2D eigenvalue weighted by molar-refractivity contribution is 6.33. The summed E-state index contributed by atoms with van der Waals surface area (Å²) in [7, 11) is 0. The third kappa shape index (κ3) is 5.76. The van der Waals surface area contributed by atoms with Gasteiger partial charge in [-0.1, -0.05) is 48.0 Å². The van der Waals surface area contributed by atoms with Gasteiger partial charge in [0.15, 0.2) is 6.61 Å². The number of carbonyl (C=O) groups is 2. The molecule has 3 rings (SSSR count). The molecular formula is C21H17ClFN3O3. The Kier molecular flexibility index (Phi) is 6.76. The second kappa shape index (κ2) is 9.66. The lowest BCUT2D eigenvalue weighted by Crippen LogP contribution is -2.37. The number of hydrogen-bond acceptors (Lipinski definition) is 4. The Labute approximate surface area is 171 Å². The lowest BCUT2D eigenvalue weighted by molar-refractivity contribution is -0.127. The Bertz CT molecular complexity index is 1050. The summed E-state index contributed by atoms with van der Waals surface area (Å²) < 4.78 is 19.0. The zero-order valence-electron chi connectivity index (χ0n) is 15.2. The van der Waals surface area contributed by atoms with E-state index in [2.05, 4.69) is 15.8 Å². The van der Waals surface area contributed by atoms with Crippen molar-refractivity contribution in [2.45, 2.75) is 0 Å². The first-order chi connectivity index (χ1) is 14.0. The minimum absolute atomic E-state index is 0.0577. The van der Waals surface area contributed by atoms with Crippen molar-refractivity contribution >= 4 is 40.4 Å². The number of carbonyl (C=O) groups excluding carboxylic acids is 2. The molecule has 0 spiro atoms. The van der Waals surface area contributed by atoms with Crippen LogP contribution < -0.4 is 15.5 Å². The van der Waals surface area contributed by atoms with Crippen molar-refractivity contribution in [2.24, 2.45) is 5.10 Å². The highest BCUT2D eigenvalue weighted by Gasteiger charge is 2.07. The van der Waals surface area contributed by atoms with E-state index in [0.29, 0.717) is 5.75 Å². The molecule has 0 unspecified atom stereocenters. The number of hydrogen-bond donors (Lipinski definition) is 2. The number of nitrogens with one attached hydrogen (secondary N) is 2. The van der Waals surface area contributed by atoms with Crippen LogP contribution in [-0.2, 0) is 9.59 Å². The Morgan fingerprint density at radius 2 is 1.83 bits per heavy atom. The molecule has 2 N–H and O–H groups in total. The molecule has 0 radical (unpaired) electrons. The van der Waals surface area contributed by atoms with Gasteiger partial charge in [0.2, 0.25) is 0 Å². The number of halogens is 2. The minimum atomic E-state index is -0.576. The van der Waals surface area contributed by atoms with Crippen LogP contribution in [-0.4, -0.2) is 31.2 Å². The number of fused-ring (bicyclic) bond motifs is 1. The van der Waals surface area contributed by atoms with E-state index in [4.69, 9.17) is 16.3 Å². The summed E-state index contributed by atoms with van der Waals surface area (Å²) in [5.74, 6) is -1.05. The number of hydrazone groups is 1. The van der Waals surface area contributed by atoms with Crippen molar-refractivity contribution in [3.05, 3.63) is 77.1 Å². The summed E-state index contributed by atoms with van der Waals surface area (Å²) in [5.41, 5.74) is 2.24. The Morgan fingerprint density at radius 1 is 1.03 bits per heavy atom. The molecule has 0 saturated heterocycles. The van der Waals surface area contributed by atoms with Crippen LogP contribution >= 0.6 is 11.6 Å². The fourth-order valence-corrected chi connectivity index (χ4v) is 2.69. The molecule has 3 aromatic rings. The monoisotopic (exact) mass is 413 g/mol. The molecule has 0 heterocycles. The molecule has 0 aromatic heterocycles. The first-order valence-electron chi connectivity index (χ1n) is 8.67. The number of benzene rings is 3. The smallest absolute Gasteiger partial charge is 0.259 e. The van der Waals surface area contributed by atoms with E-state index in [0.717, 1.165) is 17.0 Å². The number of ether oxygens (including phenoxy) is 1. The molecular weight excluding hydrogens is 397 g/mol. The predicted octanol–water partition coefficient (Wildman–Crippen LogP) is 3.28. The quantitative estimate of drug-likeness (QED) is 0.461. The summed E-state index contributed by atoms with van der Waals surface area (Å²) in [5, 5.41) is 8.28. The molecule has 2 amide bonds. The Hall–Kier alpha value is -3.45. The molecule has 29 heavy (non-hydrogen) atoms. The average Bonchev–Trinajstić information content (AvgIpc) is 2.72. The van der Waals surface area contributed by atoms with Crippen LogP contribution in [0.3, 0.4) is 0 Å². The Balaban J connectivity index is 1.42. The van der Waals surface area contributed by atoms with Crippen LogP contribution in [0.15, 0.2) is 65.8 Å². The van der Waals surface area contributed by atoms with E-state index in [-0.39, 0.29) is 23.7 Å². The van der Waals surface area contributed by atoms with Crippen molar-refractivity contribution in [1.82, 2.24) is 10.7 Å². The second-order valence-corrected chi connectivity index (χ2v) is 6.41. The van der Waals surface area contributed by atoms with E-state index < -0.39 is 17.6 Å². The lowest BCUT2D eigenvalue weighted by Gasteiger charge is -2.08. The summed E-state index contributed by atoms with van der Waals surface area (Å²) in [6, 6.07) is 17.5. The largest absolute Gasteiger partial charge is 0.484 e. The third-order valence-corrected chi connectivity index (χ3v) is 4.25. The maximum Gasteiger partial charge on any atom is 0.259 e. The summed E-state index contributed by atoms with van der Waals surface area (Å²) in [6.45, 7) is -0.540. The van der Waals surface area contributed by atoms with Crippen molar-refractivity contribution in [2.75, 3.05) is 13.2 Å². The van der Waals surface area contributed by atoms with Gasteiger partial charge in [-0.25, -0.2) is 9.82 Å². The first-order valence-corrected chi connectivity index (χ1v) is 9.05. The maximum absolute atomic E-state index is 13.6. The van der Waals surface area contributed by atoms with Gasteiger partial charge in [-0.15, -0.1) is 0 Å². The van der Waals surface area contributed by atoms with Crippen LogP contribution in [0.1, 0.15) is 5.56 Å². The topological polar surface area (TPSA) is 79.8 Å². The van der Waals surface area contributed by atoms with Crippen molar-refractivity contribution < 1.29 is 18.7 Å². The van der Waals surface area contributed by atoms with Crippen molar-refractivity contribution in [3.8, 4) is 5.75 Å². The minimum Gasteiger partial charge on any atom is -0.484 e. The fourth-order valence-electron chi connectivity index (χ4n) is 2.48. The summed E-state index contributed by atoms with van der Waals surface area (Å²) >= 11 is 5.85. The van der Waals surface area contributed by atoms with Gasteiger partial charge in [0.1, 0.15) is 11.6 Å². The van der Waals surface area contributed by atoms with E-state index >= 15 is 0 Å². The number of amides is 2. The number of nitrogens with zero attached hydrogens (tertiary/aromatic N) is 1. The van der Waals surface area contributed by atoms with Crippen molar-refractivity contribution in [1.29, 1.82) is 0 Å². The molecule has 6 nitrogen and oxygen atoms in total. The predicted molar refractivity (Wildman–Crippen MR) is 110 cm³/mol. The van der Waals surface area contributed by atoms with Gasteiger partial charge in [0.05, 0.1) is 17.8 Å². The van der Waals surface area contributed by atoms with Gasteiger partial charge in [-0.05, 0) is 35.0 Å². The standard InChI is InChI=1S/C21H17ClFN3O3/c22-18-6-3-7-19(23)17(18)11-25-26-20(27)12-24-21(28)13-29-16-9-8-14-4-1-2-5-15(14)10-16/h1-11H,12-13H2,(H,24,28)(H,26,27). The fraction of sp³-hybridized carbons (Fsp3) is 0.0952. The van der Waals surface area contributed by atoms with Gasteiger partial charge in [-0.3, -0.25) is 9.59 Å². The first kappa shape index (κ1) is 20.3. The molecule has 0 fully saturated rings. The highest BCUT2D eigenvalue weighted by Crippen LogP contribution is 2.20.